The second-order valence-corrected chi connectivity index (χ2v) is 5.18. The molecule has 5 nitrogen and oxygen atoms in total. The number of benzene rings is 1. The van der Waals surface area contributed by atoms with Crippen molar-refractivity contribution in [2.45, 2.75) is 12.6 Å². The van der Waals surface area contributed by atoms with E-state index in [-0.39, 0.29) is 6.61 Å². The third-order valence-electron chi connectivity index (χ3n) is 2.72. The van der Waals surface area contributed by atoms with E-state index in [1.807, 2.05) is 32.3 Å². The van der Waals surface area contributed by atoms with E-state index in [9.17, 15) is 9.90 Å². The van der Waals surface area contributed by atoms with Crippen LogP contribution in [0.5, 0.6) is 0 Å². The van der Waals surface area contributed by atoms with E-state index in [4.69, 9.17) is 4.74 Å². The van der Waals surface area contributed by atoms with Crippen LogP contribution in [0, 0.1) is 0 Å². The largest absolute Gasteiger partial charge is 0.508 e. The zero-order valence-corrected chi connectivity index (χ0v) is 11.7. The van der Waals surface area contributed by atoms with Gasteiger partial charge < -0.3 is 19.1 Å². The van der Waals surface area contributed by atoms with Crippen LogP contribution >= 0.6 is 0 Å². The highest BCUT2D eigenvalue weighted by Crippen LogP contribution is 2.10. The summed E-state index contributed by atoms with van der Waals surface area (Å²) in [6.45, 7) is 1.24. The summed E-state index contributed by atoms with van der Waals surface area (Å²) in [5, 5.41) is 9.86. The quantitative estimate of drug-likeness (QED) is 0.626. The van der Waals surface area contributed by atoms with Crippen molar-refractivity contribution in [3.8, 4) is 0 Å². The molecule has 0 aliphatic carbocycles. The van der Waals surface area contributed by atoms with Gasteiger partial charge in [-0.05, 0) is 0 Å². The number of nitrogens with zero attached hydrogens (tertiary/aromatic N) is 1. The lowest BCUT2D eigenvalue weighted by molar-refractivity contribution is -0.906. The fourth-order valence-electron chi connectivity index (χ4n) is 1.99. The van der Waals surface area contributed by atoms with Gasteiger partial charge in [0.05, 0.1) is 21.2 Å². The van der Waals surface area contributed by atoms with Crippen LogP contribution in [0.1, 0.15) is 5.56 Å². The minimum Gasteiger partial charge on any atom is -0.438 e. The second kappa shape index (κ2) is 7.11. The molecule has 0 radical (unpaired) electrons. The highest BCUT2D eigenvalue weighted by molar-refractivity contribution is 5.59. The normalized spacial score (nSPS) is 12.8. The first-order valence-corrected chi connectivity index (χ1v) is 6.18. The lowest BCUT2D eigenvalue weighted by atomic mass is 10.2. The maximum atomic E-state index is 10.8. The second-order valence-electron chi connectivity index (χ2n) is 5.18. The van der Waals surface area contributed by atoms with E-state index in [2.05, 4.69) is 16.9 Å². The van der Waals surface area contributed by atoms with E-state index in [1.54, 1.807) is 0 Å². The fraction of sp³-hybridized carbons (Fsp3) is 0.500. The minimum absolute atomic E-state index is 0.0524. The molecule has 0 heterocycles. The first-order chi connectivity index (χ1) is 8.93. The zero-order chi connectivity index (χ0) is 14.3. The van der Waals surface area contributed by atoms with Crippen molar-refractivity contribution in [1.29, 1.82) is 0 Å². The van der Waals surface area contributed by atoms with Crippen LogP contribution in [0.2, 0.25) is 0 Å². The summed E-state index contributed by atoms with van der Waals surface area (Å²) >= 11 is 0. The maximum absolute atomic E-state index is 10.8. The Bertz CT molecular complexity index is 392. The number of hydrogen-bond acceptors (Lipinski definition) is 4. The highest BCUT2D eigenvalue weighted by atomic mass is 16.7. The number of methoxy groups -OCH3 is 1. The molecule has 1 N–H and O–H groups in total. The third kappa shape index (κ3) is 6.22. The summed E-state index contributed by atoms with van der Waals surface area (Å²) in [6, 6.07) is 10.1. The summed E-state index contributed by atoms with van der Waals surface area (Å²) in [6.07, 6.45) is -1.48. The number of rotatable bonds is 6. The molecule has 1 aromatic carbocycles. The average molecular weight is 268 g/mol. The van der Waals surface area contributed by atoms with Gasteiger partial charge in [-0.3, -0.25) is 0 Å². The lowest BCUT2D eigenvalue weighted by Crippen LogP contribution is -2.46. The van der Waals surface area contributed by atoms with Gasteiger partial charge in [0, 0.05) is 5.56 Å². The Morgan fingerprint density at radius 2 is 1.95 bits per heavy atom. The fourth-order valence-corrected chi connectivity index (χ4v) is 1.99. The molecule has 5 heteroatoms. The van der Waals surface area contributed by atoms with Crippen molar-refractivity contribution in [3.63, 3.8) is 0 Å². The first kappa shape index (κ1) is 15.5. The number of hydrogen-bond donors (Lipinski definition) is 1. The Hall–Kier alpha value is -1.59. The Kier molecular flexibility index (Phi) is 5.79. The van der Waals surface area contributed by atoms with Crippen LogP contribution in [-0.2, 0) is 16.0 Å². The Morgan fingerprint density at radius 1 is 1.32 bits per heavy atom. The van der Waals surface area contributed by atoms with Gasteiger partial charge in [0.25, 0.3) is 0 Å². The first-order valence-electron chi connectivity index (χ1n) is 6.18. The van der Waals surface area contributed by atoms with Gasteiger partial charge in [-0.2, -0.15) is 0 Å². The molecule has 0 aromatic heterocycles. The van der Waals surface area contributed by atoms with Gasteiger partial charge in [0.1, 0.15) is 25.8 Å². The summed E-state index contributed by atoms with van der Waals surface area (Å²) < 4.78 is 9.68. The number of carbonyl (C=O) groups excluding carboxylic acids is 1. The lowest BCUT2D eigenvalue weighted by Gasteiger charge is -2.31. The molecule has 0 spiro atoms. The molecule has 0 aliphatic heterocycles. The van der Waals surface area contributed by atoms with Crippen molar-refractivity contribution in [2.24, 2.45) is 0 Å². The molecule has 1 unspecified atom stereocenters. The van der Waals surface area contributed by atoms with Gasteiger partial charge in [-0.1, -0.05) is 30.3 Å². The summed E-state index contributed by atoms with van der Waals surface area (Å²) in [7, 11) is 5.28. The van der Waals surface area contributed by atoms with Gasteiger partial charge in [0.15, 0.2) is 0 Å². The zero-order valence-electron chi connectivity index (χ0n) is 11.7. The van der Waals surface area contributed by atoms with E-state index < -0.39 is 12.3 Å². The van der Waals surface area contributed by atoms with Gasteiger partial charge in [-0.25, -0.2) is 4.79 Å². The van der Waals surface area contributed by atoms with Crippen molar-refractivity contribution in [2.75, 3.05) is 34.4 Å². The van der Waals surface area contributed by atoms with Crippen molar-refractivity contribution in [1.82, 2.24) is 0 Å². The summed E-state index contributed by atoms with van der Waals surface area (Å²) in [4.78, 5) is 10.8. The number of aliphatic hydroxyl groups is 1. The van der Waals surface area contributed by atoms with Crippen LogP contribution in [0.25, 0.3) is 0 Å². The van der Waals surface area contributed by atoms with Crippen LogP contribution in [0.4, 0.5) is 4.79 Å². The summed E-state index contributed by atoms with van der Waals surface area (Å²) in [5.74, 6) is 0. The molecular formula is C14H22NO4+. The van der Waals surface area contributed by atoms with Gasteiger partial charge in [-0.15, -0.1) is 0 Å². The molecule has 0 fully saturated rings. The number of likely N-dealkylation sites (N-methyl/N-ethyl adjacent to an activating group) is 1. The topological polar surface area (TPSA) is 55.8 Å². The van der Waals surface area contributed by atoms with Crippen molar-refractivity contribution in [3.05, 3.63) is 35.9 Å². The summed E-state index contributed by atoms with van der Waals surface area (Å²) in [5.41, 5.74) is 1.20. The van der Waals surface area contributed by atoms with E-state index in [0.717, 1.165) is 6.54 Å². The van der Waals surface area contributed by atoms with E-state index in [1.165, 1.54) is 12.7 Å². The number of quaternary nitrogens is 1. The van der Waals surface area contributed by atoms with Crippen LogP contribution in [0.3, 0.4) is 0 Å². The molecular weight excluding hydrogens is 246 g/mol. The number of ether oxygens (including phenoxy) is 2. The van der Waals surface area contributed by atoms with Crippen LogP contribution < -0.4 is 0 Å². The Morgan fingerprint density at radius 3 is 2.53 bits per heavy atom. The van der Waals surface area contributed by atoms with Gasteiger partial charge in [0.2, 0.25) is 0 Å². The Balaban J connectivity index is 2.43. The van der Waals surface area contributed by atoms with E-state index >= 15 is 0 Å². The molecule has 106 valence electrons. The molecule has 0 saturated carbocycles. The molecule has 0 saturated heterocycles. The van der Waals surface area contributed by atoms with Crippen molar-refractivity contribution < 1.29 is 23.9 Å². The molecule has 19 heavy (non-hydrogen) atoms. The molecule has 1 atom stereocenters. The third-order valence-corrected chi connectivity index (χ3v) is 2.72. The molecule has 0 bridgehead atoms. The standard InChI is InChI=1S/C14H22NO4/c1-15(2,9-12-7-5-4-6-8-12)10-13(16)11-19-14(17)18-3/h4-8,13,16H,9-11H2,1-3H3/q+1. The number of carbonyl (C=O) groups is 1. The molecule has 1 rings (SSSR count). The predicted molar refractivity (Wildman–Crippen MR) is 71.5 cm³/mol. The van der Waals surface area contributed by atoms with Gasteiger partial charge >= 0.3 is 6.16 Å². The minimum atomic E-state index is -0.771. The average Bonchev–Trinajstić information content (AvgIpc) is 2.36. The van der Waals surface area contributed by atoms with Crippen LogP contribution in [-0.4, -0.2) is 56.2 Å². The maximum Gasteiger partial charge on any atom is 0.508 e. The number of aliphatic hydroxyl groups excluding tert-OH is 1. The molecule has 0 aliphatic rings. The molecule has 1 aromatic rings. The Labute approximate surface area is 114 Å². The van der Waals surface area contributed by atoms with E-state index in [0.29, 0.717) is 11.0 Å². The SMILES string of the molecule is COC(=O)OCC(O)C[N+](C)(C)Cc1ccccc1. The predicted octanol–water partition coefficient (Wildman–Crippen LogP) is 1.41. The van der Waals surface area contributed by atoms with Crippen molar-refractivity contribution >= 4 is 6.16 Å². The smallest absolute Gasteiger partial charge is 0.438 e. The molecule has 0 amide bonds. The highest BCUT2D eigenvalue weighted by Gasteiger charge is 2.22. The monoisotopic (exact) mass is 268 g/mol. The van der Waals surface area contributed by atoms with Crippen LogP contribution in [0.15, 0.2) is 30.3 Å².